The molecule has 1 saturated heterocycles. The van der Waals surface area contributed by atoms with E-state index in [-0.39, 0.29) is 11.9 Å². The third-order valence-electron chi connectivity index (χ3n) is 3.21. The summed E-state index contributed by atoms with van der Waals surface area (Å²) in [6.07, 6.45) is 1.59. The van der Waals surface area contributed by atoms with E-state index in [2.05, 4.69) is 10.2 Å². The number of furan rings is 1. The smallest absolute Gasteiger partial charge is 0.274 e. The van der Waals surface area contributed by atoms with Crippen LogP contribution in [-0.4, -0.2) is 46.8 Å². The summed E-state index contributed by atoms with van der Waals surface area (Å²) >= 11 is 0. The number of aromatic nitrogens is 2. The van der Waals surface area contributed by atoms with Gasteiger partial charge >= 0.3 is 0 Å². The molecule has 0 saturated carbocycles. The Morgan fingerprint density at radius 1 is 1.58 bits per heavy atom. The van der Waals surface area contributed by atoms with Gasteiger partial charge in [0.15, 0.2) is 11.5 Å². The highest BCUT2D eigenvalue weighted by Gasteiger charge is 2.26. The van der Waals surface area contributed by atoms with E-state index in [1.165, 1.54) is 0 Å². The largest absolute Gasteiger partial charge is 0.463 e. The fraction of sp³-hybridized carbons (Fsp3) is 0.385. The highest BCUT2D eigenvalue weighted by molar-refractivity contribution is 5.93. The van der Waals surface area contributed by atoms with E-state index in [9.17, 15) is 4.79 Å². The van der Waals surface area contributed by atoms with Crippen LogP contribution in [0.25, 0.3) is 11.5 Å². The van der Waals surface area contributed by atoms with Gasteiger partial charge in [-0.1, -0.05) is 0 Å². The molecule has 2 aromatic heterocycles. The van der Waals surface area contributed by atoms with Gasteiger partial charge in [0.25, 0.3) is 5.91 Å². The van der Waals surface area contributed by atoms with Crippen LogP contribution >= 0.6 is 0 Å². The van der Waals surface area contributed by atoms with Crippen molar-refractivity contribution in [3.63, 3.8) is 0 Å². The molecule has 0 bridgehead atoms. The summed E-state index contributed by atoms with van der Waals surface area (Å²) in [7, 11) is 0. The van der Waals surface area contributed by atoms with Crippen molar-refractivity contribution >= 4 is 5.91 Å². The molecule has 0 spiro atoms. The van der Waals surface area contributed by atoms with Crippen LogP contribution in [0.2, 0.25) is 0 Å². The van der Waals surface area contributed by atoms with E-state index in [1.54, 1.807) is 23.3 Å². The Kier molecular flexibility index (Phi) is 3.08. The predicted molar refractivity (Wildman–Crippen MR) is 67.6 cm³/mol. The molecule has 100 valence electrons. The lowest BCUT2D eigenvalue weighted by Gasteiger charge is -2.32. The topological polar surface area (TPSA) is 71.4 Å². The number of rotatable bonds is 2. The van der Waals surface area contributed by atoms with Crippen molar-refractivity contribution < 1.29 is 13.9 Å². The Balaban J connectivity index is 1.80. The summed E-state index contributed by atoms with van der Waals surface area (Å²) in [6, 6.07) is 5.40. The van der Waals surface area contributed by atoms with Crippen LogP contribution in [0.1, 0.15) is 17.4 Å². The quantitative estimate of drug-likeness (QED) is 0.890. The predicted octanol–water partition coefficient (Wildman–Crippen LogP) is 1.53. The van der Waals surface area contributed by atoms with Crippen molar-refractivity contribution in [2.45, 2.75) is 13.0 Å². The van der Waals surface area contributed by atoms with Crippen LogP contribution < -0.4 is 0 Å². The molecule has 6 nitrogen and oxygen atoms in total. The molecule has 1 aliphatic heterocycles. The Morgan fingerprint density at radius 3 is 3.21 bits per heavy atom. The standard InChI is InChI=1S/C13H15N3O3/c1-9-8-18-6-4-16(9)13(17)11-7-10(14-15-11)12-3-2-5-19-12/h2-3,5,7,9H,4,6,8H2,1H3,(H,14,15)/t9-/m1/s1. The van der Waals surface area contributed by atoms with Crippen LogP contribution in [0.3, 0.4) is 0 Å². The summed E-state index contributed by atoms with van der Waals surface area (Å²) in [4.78, 5) is 14.1. The molecule has 2 aromatic rings. The minimum absolute atomic E-state index is 0.0741. The molecule has 3 heterocycles. The van der Waals surface area contributed by atoms with Crippen LogP contribution in [-0.2, 0) is 4.74 Å². The van der Waals surface area contributed by atoms with E-state index >= 15 is 0 Å². The highest BCUT2D eigenvalue weighted by Crippen LogP contribution is 2.19. The van der Waals surface area contributed by atoms with E-state index in [0.29, 0.717) is 36.9 Å². The number of nitrogens with one attached hydrogen (secondary N) is 1. The van der Waals surface area contributed by atoms with Crippen LogP contribution in [0.5, 0.6) is 0 Å². The fourth-order valence-electron chi connectivity index (χ4n) is 2.17. The number of carbonyl (C=O) groups is 1. The van der Waals surface area contributed by atoms with Crippen molar-refractivity contribution in [1.82, 2.24) is 15.1 Å². The Labute approximate surface area is 110 Å². The molecule has 0 aliphatic carbocycles. The van der Waals surface area contributed by atoms with E-state index in [0.717, 1.165) is 0 Å². The first-order valence-electron chi connectivity index (χ1n) is 6.23. The van der Waals surface area contributed by atoms with Crippen molar-refractivity contribution in [1.29, 1.82) is 0 Å². The number of carbonyl (C=O) groups excluding carboxylic acids is 1. The highest BCUT2D eigenvalue weighted by atomic mass is 16.5. The Hall–Kier alpha value is -2.08. The zero-order valence-corrected chi connectivity index (χ0v) is 10.6. The molecule has 1 fully saturated rings. The van der Waals surface area contributed by atoms with Crippen LogP contribution in [0, 0.1) is 0 Å². The average Bonchev–Trinajstić information content (AvgIpc) is 3.09. The van der Waals surface area contributed by atoms with E-state index in [4.69, 9.17) is 9.15 Å². The molecule has 19 heavy (non-hydrogen) atoms. The van der Waals surface area contributed by atoms with Gasteiger partial charge in [0, 0.05) is 12.6 Å². The normalized spacial score (nSPS) is 19.6. The zero-order valence-electron chi connectivity index (χ0n) is 10.6. The number of nitrogens with zero attached hydrogens (tertiary/aromatic N) is 2. The molecule has 1 N–H and O–H groups in total. The molecule has 6 heteroatoms. The molecule has 0 aromatic carbocycles. The van der Waals surface area contributed by atoms with Crippen molar-refractivity contribution in [3.8, 4) is 11.5 Å². The zero-order chi connectivity index (χ0) is 13.2. The summed E-state index contributed by atoms with van der Waals surface area (Å²) < 4.78 is 10.6. The van der Waals surface area contributed by atoms with Crippen molar-refractivity contribution in [3.05, 3.63) is 30.2 Å². The lowest BCUT2D eigenvalue weighted by Crippen LogP contribution is -2.47. The molecule has 1 atom stereocenters. The van der Waals surface area contributed by atoms with Gasteiger partial charge in [-0.15, -0.1) is 0 Å². The maximum Gasteiger partial charge on any atom is 0.274 e. The summed E-state index contributed by atoms with van der Waals surface area (Å²) in [5.74, 6) is 0.589. The second kappa shape index (κ2) is 4.89. The first-order chi connectivity index (χ1) is 9.25. The number of H-pyrrole nitrogens is 1. The van der Waals surface area contributed by atoms with Crippen LogP contribution in [0.4, 0.5) is 0 Å². The Bertz CT molecular complexity index is 561. The van der Waals surface area contributed by atoms with Gasteiger partial charge in [-0.25, -0.2) is 0 Å². The van der Waals surface area contributed by atoms with Gasteiger partial charge in [-0.05, 0) is 19.1 Å². The van der Waals surface area contributed by atoms with Gasteiger partial charge < -0.3 is 14.1 Å². The maximum absolute atomic E-state index is 12.4. The van der Waals surface area contributed by atoms with Crippen molar-refractivity contribution in [2.24, 2.45) is 0 Å². The molecule has 1 aliphatic rings. The van der Waals surface area contributed by atoms with Crippen molar-refractivity contribution in [2.75, 3.05) is 19.8 Å². The first kappa shape index (κ1) is 12.0. The van der Waals surface area contributed by atoms with Gasteiger partial charge in [0.2, 0.25) is 0 Å². The SMILES string of the molecule is C[C@@H]1COCCN1C(=O)c1cc(-c2ccco2)[nH]n1. The van der Waals surface area contributed by atoms with Gasteiger partial charge in [0.1, 0.15) is 5.69 Å². The fourth-order valence-corrected chi connectivity index (χ4v) is 2.17. The molecule has 1 amide bonds. The molecular formula is C13H15N3O3. The number of hydrogen-bond acceptors (Lipinski definition) is 4. The number of morpholine rings is 1. The molecular weight excluding hydrogens is 246 g/mol. The molecule has 0 radical (unpaired) electrons. The second-order valence-electron chi connectivity index (χ2n) is 4.57. The van der Waals surface area contributed by atoms with E-state index in [1.807, 2.05) is 13.0 Å². The molecule has 3 rings (SSSR count). The minimum Gasteiger partial charge on any atom is -0.463 e. The lowest BCUT2D eigenvalue weighted by molar-refractivity contribution is 0.00327. The van der Waals surface area contributed by atoms with Gasteiger partial charge in [-0.2, -0.15) is 5.10 Å². The van der Waals surface area contributed by atoms with Gasteiger partial charge in [-0.3, -0.25) is 9.89 Å². The second-order valence-corrected chi connectivity index (χ2v) is 4.57. The molecule has 0 unspecified atom stereocenters. The van der Waals surface area contributed by atoms with E-state index < -0.39 is 0 Å². The van der Waals surface area contributed by atoms with Gasteiger partial charge in [0.05, 0.1) is 25.5 Å². The third-order valence-corrected chi connectivity index (χ3v) is 3.21. The maximum atomic E-state index is 12.4. The lowest BCUT2D eigenvalue weighted by atomic mass is 10.2. The van der Waals surface area contributed by atoms with Crippen LogP contribution in [0.15, 0.2) is 28.9 Å². The first-order valence-corrected chi connectivity index (χ1v) is 6.23. The number of amides is 1. The summed E-state index contributed by atoms with van der Waals surface area (Å²) in [5, 5.41) is 6.89. The summed E-state index contributed by atoms with van der Waals surface area (Å²) in [6.45, 7) is 3.72. The number of aromatic amines is 1. The number of ether oxygens (including phenoxy) is 1. The third kappa shape index (κ3) is 2.26. The summed E-state index contributed by atoms with van der Waals surface area (Å²) in [5.41, 5.74) is 1.11. The number of hydrogen-bond donors (Lipinski definition) is 1. The minimum atomic E-state index is -0.0788. The monoisotopic (exact) mass is 261 g/mol. The Morgan fingerprint density at radius 2 is 2.47 bits per heavy atom. The average molecular weight is 261 g/mol.